The van der Waals surface area contributed by atoms with Crippen LogP contribution in [0.5, 0.6) is 0 Å². The summed E-state index contributed by atoms with van der Waals surface area (Å²) in [5.41, 5.74) is 2.98. The number of carbonyl (C=O) groups excluding carboxylic acids is 2. The van der Waals surface area contributed by atoms with Crippen molar-refractivity contribution >= 4 is 29.4 Å². The average Bonchev–Trinajstić information content (AvgIpc) is 3.18. The fourth-order valence-electron chi connectivity index (χ4n) is 3.78. The highest BCUT2D eigenvalue weighted by molar-refractivity contribution is 6.41. The van der Waals surface area contributed by atoms with Crippen LogP contribution in [-0.4, -0.2) is 42.4 Å². The Hall–Kier alpha value is -4.01. The number of aryl methyl sites for hydroxylation is 1. The first-order valence-corrected chi connectivity index (χ1v) is 10.4. The Morgan fingerprint density at radius 3 is 2.30 bits per heavy atom. The summed E-state index contributed by atoms with van der Waals surface area (Å²) in [6, 6.07) is 12.5. The molecule has 2 aliphatic heterocycles. The Bertz CT molecular complexity index is 1190. The number of amidine groups is 1. The molecule has 2 heterocycles. The van der Waals surface area contributed by atoms with Crippen molar-refractivity contribution in [1.29, 1.82) is 0 Å². The molecule has 0 amide bonds. The highest BCUT2D eigenvalue weighted by Gasteiger charge is 2.47. The van der Waals surface area contributed by atoms with E-state index in [-0.39, 0.29) is 18.0 Å². The van der Waals surface area contributed by atoms with Gasteiger partial charge in [-0.1, -0.05) is 29.8 Å². The molecule has 0 aliphatic carbocycles. The fraction of sp³-hybridized carbons (Fsp3) is 0.250. The Labute approximate surface area is 190 Å². The van der Waals surface area contributed by atoms with Gasteiger partial charge in [-0.15, -0.1) is 5.10 Å². The molecular weight excluding hydrogens is 427 g/mol. The van der Waals surface area contributed by atoms with Gasteiger partial charge < -0.3 is 9.47 Å². The molecule has 0 spiro atoms. The number of aliphatic imine (C=N–C) groups is 1. The summed E-state index contributed by atoms with van der Waals surface area (Å²) < 4.78 is 23.8. The standard InChI is InChI=1S/C24H23FN4O4/c1-5-33-23(31)21-27-29(18-12-10-17(25)11-13-18)24-26-15(3)19(22(30)32-4)20(28(21)24)16-8-6-14(2)7-9-16/h6-13,20H,5H2,1-4H3/t20-/m0/s1. The summed E-state index contributed by atoms with van der Waals surface area (Å²) in [5.74, 6) is -1.39. The van der Waals surface area contributed by atoms with E-state index in [2.05, 4.69) is 10.1 Å². The Kier molecular flexibility index (Phi) is 5.95. The van der Waals surface area contributed by atoms with E-state index in [0.29, 0.717) is 17.3 Å². The van der Waals surface area contributed by atoms with Crippen molar-refractivity contribution in [2.45, 2.75) is 26.8 Å². The normalized spacial score (nSPS) is 17.4. The fourth-order valence-corrected chi connectivity index (χ4v) is 3.78. The second-order valence-electron chi connectivity index (χ2n) is 7.52. The van der Waals surface area contributed by atoms with Crippen molar-refractivity contribution < 1.29 is 23.5 Å². The van der Waals surface area contributed by atoms with Gasteiger partial charge in [0.25, 0.3) is 0 Å². The highest BCUT2D eigenvalue weighted by Crippen LogP contribution is 2.40. The number of hydrogen-bond acceptors (Lipinski definition) is 8. The number of guanidine groups is 1. The molecule has 0 unspecified atom stereocenters. The smallest absolute Gasteiger partial charge is 0.376 e. The molecule has 4 rings (SSSR count). The van der Waals surface area contributed by atoms with E-state index in [1.165, 1.54) is 36.4 Å². The van der Waals surface area contributed by atoms with Gasteiger partial charge in [-0.25, -0.2) is 19.0 Å². The van der Waals surface area contributed by atoms with Crippen molar-refractivity contribution in [3.05, 3.63) is 76.7 Å². The Balaban J connectivity index is 1.93. The average molecular weight is 450 g/mol. The van der Waals surface area contributed by atoms with Crippen molar-refractivity contribution in [1.82, 2.24) is 4.90 Å². The molecule has 0 saturated carbocycles. The number of hydrogen-bond donors (Lipinski definition) is 0. The molecule has 0 bridgehead atoms. The van der Waals surface area contributed by atoms with E-state index >= 15 is 0 Å². The monoisotopic (exact) mass is 450 g/mol. The first kappa shape index (κ1) is 22.2. The number of ether oxygens (including phenoxy) is 2. The van der Waals surface area contributed by atoms with E-state index in [9.17, 15) is 14.0 Å². The summed E-state index contributed by atoms with van der Waals surface area (Å²) in [4.78, 5) is 31.9. The van der Waals surface area contributed by atoms with Crippen LogP contribution in [0.3, 0.4) is 0 Å². The van der Waals surface area contributed by atoms with Crippen LogP contribution in [0.2, 0.25) is 0 Å². The first-order chi connectivity index (χ1) is 15.8. The SMILES string of the molecule is CCOC(=O)C1=NN(c2ccc(F)cc2)C2=NC(C)=C(C(=O)OC)[C@H](c3ccc(C)cc3)N12. The van der Waals surface area contributed by atoms with Crippen molar-refractivity contribution in [3.63, 3.8) is 0 Å². The lowest BCUT2D eigenvalue weighted by Gasteiger charge is -2.35. The third kappa shape index (κ3) is 3.97. The number of allylic oxidation sites excluding steroid dienone is 1. The maximum Gasteiger partial charge on any atom is 0.376 e. The maximum absolute atomic E-state index is 13.5. The molecule has 0 fully saturated rings. The van der Waals surface area contributed by atoms with Gasteiger partial charge in [0.05, 0.1) is 36.7 Å². The third-order valence-corrected chi connectivity index (χ3v) is 5.34. The zero-order valence-electron chi connectivity index (χ0n) is 18.7. The van der Waals surface area contributed by atoms with Crippen molar-refractivity contribution in [3.8, 4) is 0 Å². The minimum Gasteiger partial charge on any atom is -0.466 e. The molecule has 0 N–H and O–H groups in total. The zero-order chi connectivity index (χ0) is 23.7. The van der Waals surface area contributed by atoms with E-state index in [0.717, 1.165) is 11.1 Å². The Morgan fingerprint density at radius 1 is 1.03 bits per heavy atom. The predicted octanol–water partition coefficient (Wildman–Crippen LogP) is 3.69. The first-order valence-electron chi connectivity index (χ1n) is 10.4. The molecule has 8 nitrogen and oxygen atoms in total. The van der Waals surface area contributed by atoms with Gasteiger partial charge in [0.1, 0.15) is 5.82 Å². The topological polar surface area (TPSA) is 83.8 Å². The van der Waals surface area contributed by atoms with Gasteiger partial charge in [-0.3, -0.25) is 4.90 Å². The predicted molar refractivity (Wildman–Crippen MR) is 121 cm³/mol. The lowest BCUT2D eigenvalue weighted by molar-refractivity contribution is -0.138. The number of esters is 2. The molecule has 2 aliphatic rings. The Morgan fingerprint density at radius 2 is 1.70 bits per heavy atom. The van der Waals surface area contributed by atoms with Gasteiger partial charge in [0.2, 0.25) is 11.8 Å². The second kappa shape index (κ2) is 8.85. The summed E-state index contributed by atoms with van der Waals surface area (Å²) in [6.45, 7) is 5.49. The number of nitrogens with zero attached hydrogens (tertiary/aromatic N) is 4. The van der Waals surface area contributed by atoms with Gasteiger partial charge in [-0.2, -0.15) is 5.01 Å². The molecular formula is C24H23FN4O4. The minimum absolute atomic E-state index is 0.0422. The third-order valence-electron chi connectivity index (χ3n) is 5.34. The molecule has 0 aromatic heterocycles. The summed E-state index contributed by atoms with van der Waals surface area (Å²) in [7, 11) is 1.29. The summed E-state index contributed by atoms with van der Waals surface area (Å²) >= 11 is 0. The van der Waals surface area contributed by atoms with Crippen LogP contribution >= 0.6 is 0 Å². The molecule has 33 heavy (non-hydrogen) atoms. The lowest BCUT2D eigenvalue weighted by atomic mass is 9.93. The minimum atomic E-state index is -0.737. The van der Waals surface area contributed by atoms with E-state index in [4.69, 9.17) is 9.47 Å². The number of fused-ring (bicyclic) bond motifs is 1. The summed E-state index contributed by atoms with van der Waals surface area (Å²) in [6.07, 6.45) is 0. The van der Waals surface area contributed by atoms with Crippen LogP contribution in [-0.2, 0) is 19.1 Å². The van der Waals surface area contributed by atoms with Crippen LogP contribution in [0, 0.1) is 12.7 Å². The largest absolute Gasteiger partial charge is 0.466 e. The number of carbonyl (C=O) groups is 2. The van der Waals surface area contributed by atoms with Gasteiger partial charge in [-0.05, 0) is 50.6 Å². The molecule has 2 aromatic carbocycles. The van der Waals surface area contributed by atoms with Crippen LogP contribution in [0.25, 0.3) is 0 Å². The molecule has 0 saturated heterocycles. The second-order valence-corrected chi connectivity index (χ2v) is 7.52. The molecule has 9 heteroatoms. The summed E-state index contributed by atoms with van der Waals surface area (Å²) in [5, 5.41) is 5.90. The maximum atomic E-state index is 13.5. The number of hydrazone groups is 1. The molecule has 0 radical (unpaired) electrons. The number of rotatable bonds is 5. The number of benzene rings is 2. The van der Waals surface area contributed by atoms with Crippen LogP contribution < -0.4 is 5.01 Å². The number of methoxy groups -OCH3 is 1. The van der Waals surface area contributed by atoms with E-state index in [1.54, 1.807) is 18.7 Å². The molecule has 2 aromatic rings. The van der Waals surface area contributed by atoms with Gasteiger partial charge in [0.15, 0.2) is 0 Å². The quantitative estimate of drug-likeness (QED) is 0.646. The van der Waals surface area contributed by atoms with Gasteiger partial charge in [0, 0.05) is 0 Å². The number of anilines is 1. The highest BCUT2D eigenvalue weighted by atomic mass is 19.1. The lowest BCUT2D eigenvalue weighted by Crippen LogP contribution is -2.47. The van der Waals surface area contributed by atoms with Crippen LogP contribution in [0.1, 0.15) is 31.0 Å². The van der Waals surface area contributed by atoms with Crippen LogP contribution in [0.4, 0.5) is 10.1 Å². The van der Waals surface area contributed by atoms with E-state index < -0.39 is 23.8 Å². The van der Waals surface area contributed by atoms with Crippen molar-refractivity contribution in [2.75, 3.05) is 18.7 Å². The molecule has 1 atom stereocenters. The van der Waals surface area contributed by atoms with Crippen molar-refractivity contribution in [2.24, 2.45) is 10.1 Å². The van der Waals surface area contributed by atoms with Crippen LogP contribution in [0.15, 0.2) is 69.9 Å². The molecule has 170 valence electrons. The van der Waals surface area contributed by atoms with E-state index in [1.807, 2.05) is 31.2 Å². The number of halogens is 1. The zero-order valence-corrected chi connectivity index (χ0v) is 18.7. The van der Waals surface area contributed by atoms with Gasteiger partial charge >= 0.3 is 11.9 Å².